The minimum atomic E-state index is 0.619. The number of hydrogen-bond donors (Lipinski definition) is 3. The smallest absolute Gasteiger partial charge is 0.226 e. The van der Waals surface area contributed by atoms with Gasteiger partial charge in [-0.25, -0.2) is 4.98 Å². The second-order valence-corrected chi connectivity index (χ2v) is 4.65. The average Bonchev–Trinajstić information content (AvgIpc) is 2.84. The fraction of sp³-hybridized carbons (Fsp3) is 0.583. The molecule has 0 atom stereocenters. The number of fused-ring (bicyclic) bond motifs is 1. The van der Waals surface area contributed by atoms with Gasteiger partial charge in [0.15, 0.2) is 11.5 Å². The molecule has 104 valence electrons. The molecule has 7 heteroatoms. The summed E-state index contributed by atoms with van der Waals surface area (Å²) in [6, 6.07) is 0. The van der Waals surface area contributed by atoms with Crippen molar-refractivity contribution in [2.24, 2.45) is 0 Å². The van der Waals surface area contributed by atoms with Gasteiger partial charge in [-0.1, -0.05) is 6.92 Å². The molecule has 0 radical (unpaired) electrons. The van der Waals surface area contributed by atoms with E-state index in [1.807, 2.05) is 14.1 Å². The van der Waals surface area contributed by atoms with E-state index < -0.39 is 0 Å². The van der Waals surface area contributed by atoms with Crippen LogP contribution in [-0.2, 0) is 0 Å². The Bertz CT molecular complexity index is 520. The third kappa shape index (κ3) is 3.54. The monoisotopic (exact) mass is 263 g/mol. The Balaban J connectivity index is 2.16. The molecule has 2 aromatic heterocycles. The molecule has 0 unspecified atom stereocenters. The van der Waals surface area contributed by atoms with E-state index in [-0.39, 0.29) is 0 Å². The van der Waals surface area contributed by atoms with E-state index >= 15 is 0 Å². The molecule has 0 aliphatic carbocycles. The van der Waals surface area contributed by atoms with Crippen molar-refractivity contribution in [1.29, 1.82) is 0 Å². The van der Waals surface area contributed by atoms with E-state index in [9.17, 15) is 0 Å². The van der Waals surface area contributed by atoms with Crippen molar-refractivity contribution in [3.05, 3.63) is 6.33 Å². The van der Waals surface area contributed by atoms with Gasteiger partial charge in [0, 0.05) is 19.6 Å². The lowest BCUT2D eigenvalue weighted by atomic mass is 10.4. The van der Waals surface area contributed by atoms with Gasteiger partial charge >= 0.3 is 0 Å². The molecule has 3 N–H and O–H groups in total. The van der Waals surface area contributed by atoms with E-state index in [2.05, 4.69) is 42.4 Å². The van der Waals surface area contributed by atoms with Crippen LogP contribution in [0, 0.1) is 0 Å². The number of nitrogens with one attached hydrogen (secondary N) is 3. The minimum Gasteiger partial charge on any atom is -0.367 e. The molecule has 2 heterocycles. The number of anilines is 2. The van der Waals surface area contributed by atoms with Gasteiger partial charge in [-0.05, 0) is 20.5 Å². The van der Waals surface area contributed by atoms with Crippen molar-refractivity contribution < 1.29 is 0 Å². The highest BCUT2D eigenvalue weighted by molar-refractivity contribution is 5.83. The summed E-state index contributed by atoms with van der Waals surface area (Å²) in [6.07, 6.45) is 2.67. The maximum atomic E-state index is 4.48. The van der Waals surface area contributed by atoms with Gasteiger partial charge in [-0.3, -0.25) is 0 Å². The zero-order chi connectivity index (χ0) is 13.7. The molecule has 0 saturated carbocycles. The summed E-state index contributed by atoms with van der Waals surface area (Å²) in [5.74, 6) is 1.41. The van der Waals surface area contributed by atoms with Crippen LogP contribution in [-0.4, -0.2) is 58.6 Å². The molecule has 0 aromatic carbocycles. The Labute approximate surface area is 112 Å². The van der Waals surface area contributed by atoms with Crippen LogP contribution in [0.25, 0.3) is 11.2 Å². The third-order valence-corrected chi connectivity index (χ3v) is 2.67. The Kier molecular flexibility index (Phi) is 4.51. The number of aromatic nitrogens is 4. The summed E-state index contributed by atoms with van der Waals surface area (Å²) in [5.41, 5.74) is 1.53. The molecule has 19 heavy (non-hydrogen) atoms. The van der Waals surface area contributed by atoms with Gasteiger partial charge in [-0.2, -0.15) is 9.97 Å². The van der Waals surface area contributed by atoms with E-state index in [0.717, 1.165) is 37.4 Å². The minimum absolute atomic E-state index is 0.619. The van der Waals surface area contributed by atoms with Crippen LogP contribution in [0.15, 0.2) is 6.33 Å². The van der Waals surface area contributed by atoms with E-state index in [0.29, 0.717) is 11.6 Å². The lowest BCUT2D eigenvalue weighted by molar-refractivity contribution is 0.425. The Morgan fingerprint density at radius 2 is 2.05 bits per heavy atom. The van der Waals surface area contributed by atoms with Gasteiger partial charge in [0.05, 0.1) is 6.33 Å². The lowest BCUT2D eigenvalue weighted by Gasteiger charge is -2.12. The second-order valence-electron chi connectivity index (χ2n) is 4.65. The van der Waals surface area contributed by atoms with Gasteiger partial charge in [0.1, 0.15) is 5.52 Å². The molecule has 7 nitrogen and oxygen atoms in total. The zero-order valence-electron chi connectivity index (χ0n) is 11.7. The first-order valence-electron chi connectivity index (χ1n) is 6.54. The maximum absolute atomic E-state index is 4.48. The first kappa shape index (κ1) is 13.5. The quantitative estimate of drug-likeness (QED) is 0.695. The lowest BCUT2D eigenvalue weighted by Crippen LogP contribution is -2.21. The van der Waals surface area contributed by atoms with Crippen LogP contribution >= 0.6 is 0 Å². The van der Waals surface area contributed by atoms with Crippen LogP contribution in [0.1, 0.15) is 13.3 Å². The van der Waals surface area contributed by atoms with Gasteiger partial charge in [0.2, 0.25) is 5.95 Å². The van der Waals surface area contributed by atoms with Crippen molar-refractivity contribution in [2.45, 2.75) is 13.3 Å². The molecule has 0 spiro atoms. The number of aromatic amines is 1. The van der Waals surface area contributed by atoms with E-state index in [1.165, 1.54) is 0 Å². The standard InChI is InChI=1S/C12H21N7/c1-4-5-14-12-17-10(13-6-7-19(2)3)9-11(18-12)16-8-15-9/h8H,4-7H2,1-3H3,(H3,13,14,15,16,17,18). The topological polar surface area (TPSA) is 81.8 Å². The molecule has 0 bridgehead atoms. The summed E-state index contributed by atoms with van der Waals surface area (Å²) in [5, 5.41) is 6.51. The summed E-state index contributed by atoms with van der Waals surface area (Å²) in [7, 11) is 4.09. The first-order valence-corrected chi connectivity index (χ1v) is 6.54. The van der Waals surface area contributed by atoms with Gasteiger partial charge in [0.25, 0.3) is 0 Å². The fourth-order valence-electron chi connectivity index (χ4n) is 1.67. The highest BCUT2D eigenvalue weighted by Gasteiger charge is 2.09. The summed E-state index contributed by atoms with van der Waals surface area (Å²) in [6.45, 7) is 4.73. The number of likely N-dealkylation sites (N-methyl/N-ethyl adjacent to an activating group) is 1. The maximum Gasteiger partial charge on any atom is 0.226 e. The van der Waals surface area contributed by atoms with Crippen LogP contribution in [0.3, 0.4) is 0 Å². The van der Waals surface area contributed by atoms with Crippen LogP contribution in [0.5, 0.6) is 0 Å². The first-order chi connectivity index (χ1) is 9.20. The van der Waals surface area contributed by atoms with Gasteiger partial charge < -0.3 is 20.5 Å². The van der Waals surface area contributed by atoms with Crippen LogP contribution < -0.4 is 10.6 Å². The Hall–Kier alpha value is -1.89. The second kappa shape index (κ2) is 6.33. The predicted octanol–water partition coefficient (Wildman–Crippen LogP) is 1.15. The number of imidazole rings is 1. The Morgan fingerprint density at radius 1 is 1.21 bits per heavy atom. The largest absolute Gasteiger partial charge is 0.367 e. The molecule has 0 fully saturated rings. The average molecular weight is 263 g/mol. The van der Waals surface area contributed by atoms with Crippen LogP contribution in [0.4, 0.5) is 11.8 Å². The van der Waals surface area contributed by atoms with Crippen molar-refractivity contribution in [1.82, 2.24) is 24.8 Å². The van der Waals surface area contributed by atoms with Crippen molar-refractivity contribution in [3.8, 4) is 0 Å². The molecular weight excluding hydrogens is 242 g/mol. The molecule has 0 aliphatic heterocycles. The number of hydrogen-bond acceptors (Lipinski definition) is 6. The zero-order valence-corrected chi connectivity index (χ0v) is 11.7. The molecular formula is C12H21N7. The summed E-state index contributed by atoms with van der Waals surface area (Å²) >= 11 is 0. The summed E-state index contributed by atoms with van der Waals surface area (Å²) in [4.78, 5) is 18.2. The van der Waals surface area contributed by atoms with E-state index in [1.54, 1.807) is 6.33 Å². The molecule has 2 rings (SSSR count). The molecule has 0 amide bonds. The molecule has 2 aromatic rings. The molecule has 0 saturated heterocycles. The van der Waals surface area contributed by atoms with Crippen molar-refractivity contribution in [3.63, 3.8) is 0 Å². The Morgan fingerprint density at radius 3 is 2.79 bits per heavy atom. The summed E-state index contributed by atoms with van der Waals surface area (Å²) < 4.78 is 0. The van der Waals surface area contributed by atoms with Gasteiger partial charge in [-0.15, -0.1) is 0 Å². The SMILES string of the molecule is CCCNc1nc(NCCN(C)C)c2[nH]cnc2n1. The third-order valence-electron chi connectivity index (χ3n) is 2.67. The normalized spacial score (nSPS) is 11.2. The fourth-order valence-corrected chi connectivity index (χ4v) is 1.67. The van der Waals surface area contributed by atoms with E-state index in [4.69, 9.17) is 0 Å². The molecule has 0 aliphatic rings. The predicted molar refractivity (Wildman–Crippen MR) is 77.5 cm³/mol. The highest BCUT2D eigenvalue weighted by Crippen LogP contribution is 2.18. The number of rotatable bonds is 7. The number of H-pyrrole nitrogens is 1. The van der Waals surface area contributed by atoms with Crippen molar-refractivity contribution >= 4 is 22.9 Å². The highest BCUT2D eigenvalue weighted by atomic mass is 15.2. The van der Waals surface area contributed by atoms with Crippen LogP contribution in [0.2, 0.25) is 0 Å². The number of nitrogens with zero attached hydrogens (tertiary/aromatic N) is 4. The van der Waals surface area contributed by atoms with Crippen molar-refractivity contribution in [2.75, 3.05) is 44.4 Å².